The standard InChI is InChI=1S/C12H17NO3S/c1-2-3-4-8-11-13-16-17(14,15)12-9-6-5-7-10-12/h5-7,9-11H,2-4,8H2,1H3/b13-11+. The third-order valence-electron chi connectivity index (χ3n) is 2.18. The molecule has 0 spiro atoms. The SMILES string of the molecule is CCCCC/C=N/OS(=O)(=O)c1ccccc1. The molecule has 5 heteroatoms. The summed E-state index contributed by atoms with van der Waals surface area (Å²) in [6.45, 7) is 2.10. The minimum Gasteiger partial charge on any atom is -0.265 e. The van der Waals surface area contributed by atoms with Crippen molar-refractivity contribution in [3.63, 3.8) is 0 Å². The molecule has 1 aromatic rings. The van der Waals surface area contributed by atoms with Gasteiger partial charge in [0.1, 0.15) is 4.90 Å². The quantitative estimate of drug-likeness (QED) is 0.427. The van der Waals surface area contributed by atoms with Crippen molar-refractivity contribution in [3.8, 4) is 0 Å². The van der Waals surface area contributed by atoms with Gasteiger partial charge in [-0.1, -0.05) is 43.1 Å². The molecular formula is C12H17NO3S. The van der Waals surface area contributed by atoms with Gasteiger partial charge in [-0.15, -0.1) is 0 Å². The molecule has 1 aromatic carbocycles. The highest BCUT2D eigenvalue weighted by atomic mass is 32.2. The first-order valence-electron chi connectivity index (χ1n) is 5.67. The van der Waals surface area contributed by atoms with Gasteiger partial charge in [-0.3, -0.25) is 4.28 Å². The Balaban J connectivity index is 2.46. The van der Waals surface area contributed by atoms with Crippen LogP contribution in [0.25, 0.3) is 0 Å². The maximum absolute atomic E-state index is 11.6. The molecule has 0 radical (unpaired) electrons. The van der Waals surface area contributed by atoms with E-state index in [-0.39, 0.29) is 4.90 Å². The van der Waals surface area contributed by atoms with Crippen LogP contribution in [0.3, 0.4) is 0 Å². The first-order valence-corrected chi connectivity index (χ1v) is 7.08. The summed E-state index contributed by atoms with van der Waals surface area (Å²) < 4.78 is 27.7. The molecule has 0 fully saturated rings. The number of hydrogen-bond acceptors (Lipinski definition) is 4. The molecule has 0 bridgehead atoms. The Labute approximate surface area is 102 Å². The third kappa shape index (κ3) is 4.99. The van der Waals surface area contributed by atoms with Gasteiger partial charge in [0.15, 0.2) is 0 Å². The van der Waals surface area contributed by atoms with Crippen LogP contribution in [-0.2, 0) is 14.4 Å². The molecule has 4 nitrogen and oxygen atoms in total. The third-order valence-corrected chi connectivity index (χ3v) is 3.32. The van der Waals surface area contributed by atoms with Crippen LogP contribution in [0.2, 0.25) is 0 Å². The van der Waals surface area contributed by atoms with Crippen LogP contribution in [0.5, 0.6) is 0 Å². The molecule has 0 aliphatic heterocycles. The van der Waals surface area contributed by atoms with Crippen LogP contribution in [-0.4, -0.2) is 14.6 Å². The van der Waals surface area contributed by atoms with E-state index < -0.39 is 10.1 Å². The first kappa shape index (κ1) is 13.7. The van der Waals surface area contributed by atoms with Crippen molar-refractivity contribution in [1.29, 1.82) is 0 Å². The number of benzene rings is 1. The lowest BCUT2D eigenvalue weighted by atomic mass is 10.2. The zero-order valence-electron chi connectivity index (χ0n) is 9.87. The second kappa shape index (κ2) is 7.06. The molecule has 94 valence electrons. The Morgan fingerprint density at radius 3 is 2.59 bits per heavy atom. The van der Waals surface area contributed by atoms with Gasteiger partial charge in [0.25, 0.3) is 0 Å². The zero-order chi connectivity index (χ0) is 12.6. The van der Waals surface area contributed by atoms with Crippen molar-refractivity contribution in [3.05, 3.63) is 30.3 Å². The molecule has 0 unspecified atom stereocenters. The van der Waals surface area contributed by atoms with E-state index in [1.807, 2.05) is 0 Å². The predicted molar refractivity (Wildman–Crippen MR) is 67.3 cm³/mol. The summed E-state index contributed by atoms with van der Waals surface area (Å²) in [7, 11) is -3.75. The summed E-state index contributed by atoms with van der Waals surface area (Å²) in [4.78, 5) is 0.116. The first-order chi connectivity index (χ1) is 8.17. The molecule has 0 saturated carbocycles. The molecule has 0 aliphatic rings. The molecular weight excluding hydrogens is 238 g/mol. The zero-order valence-corrected chi connectivity index (χ0v) is 10.7. The fraction of sp³-hybridized carbons (Fsp3) is 0.417. The van der Waals surface area contributed by atoms with Gasteiger partial charge >= 0.3 is 10.1 Å². The van der Waals surface area contributed by atoms with Crippen molar-refractivity contribution < 1.29 is 12.7 Å². The smallest absolute Gasteiger partial charge is 0.265 e. The van der Waals surface area contributed by atoms with Crippen LogP contribution in [0.1, 0.15) is 32.6 Å². The average Bonchev–Trinajstić information content (AvgIpc) is 2.35. The molecule has 1 rings (SSSR count). The maximum atomic E-state index is 11.6. The van der Waals surface area contributed by atoms with E-state index in [9.17, 15) is 8.42 Å². The van der Waals surface area contributed by atoms with E-state index in [1.165, 1.54) is 18.3 Å². The second-order valence-electron chi connectivity index (χ2n) is 3.63. The van der Waals surface area contributed by atoms with Crippen LogP contribution in [0.15, 0.2) is 40.4 Å². The average molecular weight is 255 g/mol. The van der Waals surface area contributed by atoms with Crippen LogP contribution in [0.4, 0.5) is 0 Å². The Bertz CT molecular complexity index is 440. The van der Waals surface area contributed by atoms with Gasteiger partial charge in [0.05, 0.1) is 0 Å². The van der Waals surface area contributed by atoms with Crippen LogP contribution >= 0.6 is 0 Å². The van der Waals surface area contributed by atoms with Crippen molar-refractivity contribution in [2.45, 2.75) is 37.5 Å². The van der Waals surface area contributed by atoms with Crippen molar-refractivity contribution >= 4 is 16.3 Å². The van der Waals surface area contributed by atoms with E-state index in [0.717, 1.165) is 25.7 Å². The minimum atomic E-state index is -3.75. The van der Waals surface area contributed by atoms with Gasteiger partial charge in [-0.25, -0.2) is 0 Å². The van der Waals surface area contributed by atoms with Gasteiger partial charge in [0.2, 0.25) is 0 Å². The minimum absolute atomic E-state index is 0.116. The monoisotopic (exact) mass is 255 g/mol. The normalized spacial score (nSPS) is 11.8. The highest BCUT2D eigenvalue weighted by Crippen LogP contribution is 2.11. The van der Waals surface area contributed by atoms with E-state index in [0.29, 0.717) is 0 Å². The summed E-state index contributed by atoms with van der Waals surface area (Å²) in [6, 6.07) is 7.97. The van der Waals surface area contributed by atoms with Gasteiger partial charge in [0, 0.05) is 6.21 Å². The predicted octanol–water partition coefficient (Wildman–Crippen LogP) is 2.96. The lowest BCUT2D eigenvalue weighted by Gasteiger charge is -2.00. The Kier molecular flexibility index (Phi) is 5.69. The summed E-state index contributed by atoms with van der Waals surface area (Å²) in [5.74, 6) is 0. The van der Waals surface area contributed by atoms with Crippen molar-refractivity contribution in [1.82, 2.24) is 0 Å². The molecule has 0 saturated heterocycles. The molecule has 0 aromatic heterocycles. The summed E-state index contributed by atoms with van der Waals surface area (Å²) in [5, 5.41) is 3.48. The largest absolute Gasteiger partial charge is 0.358 e. The highest BCUT2D eigenvalue weighted by molar-refractivity contribution is 7.86. The summed E-state index contributed by atoms with van der Waals surface area (Å²) in [6.07, 6.45) is 5.46. The summed E-state index contributed by atoms with van der Waals surface area (Å²) >= 11 is 0. The summed E-state index contributed by atoms with van der Waals surface area (Å²) in [5.41, 5.74) is 0. The number of nitrogens with zero attached hydrogens (tertiary/aromatic N) is 1. The number of unbranched alkanes of at least 4 members (excludes halogenated alkanes) is 3. The Morgan fingerprint density at radius 2 is 1.94 bits per heavy atom. The fourth-order valence-corrected chi connectivity index (χ4v) is 2.01. The second-order valence-corrected chi connectivity index (χ2v) is 5.15. The van der Waals surface area contributed by atoms with Gasteiger partial charge in [-0.05, 0) is 25.0 Å². The van der Waals surface area contributed by atoms with E-state index in [4.69, 9.17) is 0 Å². The molecule has 0 N–H and O–H groups in total. The number of rotatable bonds is 7. The van der Waals surface area contributed by atoms with Crippen LogP contribution < -0.4 is 0 Å². The van der Waals surface area contributed by atoms with Gasteiger partial charge < -0.3 is 0 Å². The Morgan fingerprint density at radius 1 is 1.24 bits per heavy atom. The number of hydrogen-bond donors (Lipinski definition) is 0. The topological polar surface area (TPSA) is 55.7 Å². The molecule has 0 heterocycles. The lowest BCUT2D eigenvalue weighted by Crippen LogP contribution is -2.02. The lowest BCUT2D eigenvalue weighted by molar-refractivity contribution is 0.339. The molecule has 17 heavy (non-hydrogen) atoms. The van der Waals surface area contributed by atoms with Crippen molar-refractivity contribution in [2.75, 3.05) is 0 Å². The maximum Gasteiger partial charge on any atom is 0.358 e. The van der Waals surface area contributed by atoms with E-state index in [1.54, 1.807) is 18.2 Å². The van der Waals surface area contributed by atoms with E-state index in [2.05, 4.69) is 16.4 Å². The molecule has 0 aliphatic carbocycles. The Hall–Kier alpha value is -1.36. The van der Waals surface area contributed by atoms with Gasteiger partial charge in [-0.2, -0.15) is 8.42 Å². The molecule has 0 atom stereocenters. The van der Waals surface area contributed by atoms with Crippen molar-refractivity contribution in [2.24, 2.45) is 5.16 Å². The van der Waals surface area contributed by atoms with E-state index >= 15 is 0 Å². The highest BCUT2D eigenvalue weighted by Gasteiger charge is 2.13. The molecule has 0 amide bonds. The fourth-order valence-electron chi connectivity index (χ4n) is 1.26. The van der Waals surface area contributed by atoms with Crippen LogP contribution in [0, 0.1) is 0 Å². The number of oxime groups is 1.